The van der Waals surface area contributed by atoms with Gasteiger partial charge in [-0.15, -0.1) is 0 Å². The van der Waals surface area contributed by atoms with E-state index in [0.29, 0.717) is 5.75 Å². The van der Waals surface area contributed by atoms with E-state index < -0.39 is 5.82 Å². The zero-order valence-electron chi connectivity index (χ0n) is 8.52. The standard InChI is InChI=1S/C11H13ClFNO/c1-11(5-2-6-11)15-8-4-3-7(14)10(13)9(8)12/h3-4H,2,5-6,14H2,1H3. The Balaban J connectivity index is 2.25. The Morgan fingerprint density at radius 3 is 2.67 bits per heavy atom. The molecule has 1 aliphatic rings. The van der Waals surface area contributed by atoms with Crippen molar-refractivity contribution in [1.82, 2.24) is 0 Å². The molecule has 0 aliphatic heterocycles. The van der Waals surface area contributed by atoms with Crippen LogP contribution in [0.4, 0.5) is 10.1 Å². The molecule has 1 aromatic rings. The Hall–Kier alpha value is -0.960. The fraction of sp³-hybridized carbons (Fsp3) is 0.455. The van der Waals surface area contributed by atoms with Gasteiger partial charge < -0.3 is 10.5 Å². The van der Waals surface area contributed by atoms with Gasteiger partial charge in [0.2, 0.25) is 0 Å². The molecule has 4 heteroatoms. The van der Waals surface area contributed by atoms with Crippen molar-refractivity contribution in [2.24, 2.45) is 0 Å². The summed E-state index contributed by atoms with van der Waals surface area (Å²) in [7, 11) is 0. The van der Waals surface area contributed by atoms with Crippen LogP contribution in [0.2, 0.25) is 5.02 Å². The number of rotatable bonds is 2. The van der Waals surface area contributed by atoms with Gasteiger partial charge in [-0.3, -0.25) is 0 Å². The highest BCUT2D eigenvalue weighted by Gasteiger charge is 2.34. The molecule has 1 aromatic carbocycles. The van der Waals surface area contributed by atoms with Gasteiger partial charge in [0.15, 0.2) is 5.82 Å². The first-order valence-electron chi connectivity index (χ1n) is 4.94. The normalized spacial score (nSPS) is 18.3. The Morgan fingerprint density at radius 2 is 2.13 bits per heavy atom. The summed E-state index contributed by atoms with van der Waals surface area (Å²) in [6.07, 6.45) is 3.11. The Kier molecular flexibility index (Phi) is 2.51. The van der Waals surface area contributed by atoms with Gasteiger partial charge in [-0.05, 0) is 38.3 Å². The van der Waals surface area contributed by atoms with Gasteiger partial charge in [-0.2, -0.15) is 0 Å². The first-order valence-corrected chi connectivity index (χ1v) is 5.32. The molecule has 0 amide bonds. The monoisotopic (exact) mass is 229 g/mol. The van der Waals surface area contributed by atoms with Crippen LogP contribution in [0.15, 0.2) is 12.1 Å². The quantitative estimate of drug-likeness (QED) is 0.789. The summed E-state index contributed by atoms with van der Waals surface area (Å²) in [4.78, 5) is 0. The molecule has 1 saturated carbocycles. The van der Waals surface area contributed by atoms with Gasteiger partial charge in [-0.1, -0.05) is 11.6 Å². The molecule has 0 bridgehead atoms. The molecule has 15 heavy (non-hydrogen) atoms. The summed E-state index contributed by atoms with van der Waals surface area (Å²) in [6, 6.07) is 3.09. The molecule has 0 heterocycles. The van der Waals surface area contributed by atoms with Crippen molar-refractivity contribution in [1.29, 1.82) is 0 Å². The van der Waals surface area contributed by atoms with Crippen molar-refractivity contribution in [2.45, 2.75) is 31.8 Å². The summed E-state index contributed by atoms with van der Waals surface area (Å²) >= 11 is 5.81. The topological polar surface area (TPSA) is 35.2 Å². The predicted octanol–water partition coefficient (Wildman–Crippen LogP) is 3.38. The summed E-state index contributed by atoms with van der Waals surface area (Å²) in [5.41, 5.74) is 5.24. The Labute approximate surface area is 93.2 Å². The molecule has 0 saturated heterocycles. The van der Waals surface area contributed by atoms with Gasteiger partial charge in [0.1, 0.15) is 16.4 Å². The third-order valence-corrected chi connectivity index (χ3v) is 3.20. The molecule has 0 atom stereocenters. The molecule has 0 spiro atoms. The van der Waals surface area contributed by atoms with Crippen LogP contribution in [0.1, 0.15) is 26.2 Å². The molecular weight excluding hydrogens is 217 g/mol. The number of nitrogens with two attached hydrogens (primary N) is 1. The molecule has 82 valence electrons. The van der Waals surface area contributed by atoms with Gasteiger partial charge in [0.25, 0.3) is 0 Å². The fourth-order valence-corrected chi connectivity index (χ4v) is 1.88. The molecule has 0 aromatic heterocycles. The van der Waals surface area contributed by atoms with Crippen molar-refractivity contribution in [3.05, 3.63) is 23.0 Å². The first kappa shape index (κ1) is 10.6. The third-order valence-electron chi connectivity index (χ3n) is 2.84. The SMILES string of the molecule is CC1(Oc2ccc(N)c(F)c2Cl)CCC1. The van der Waals surface area contributed by atoms with Gasteiger partial charge >= 0.3 is 0 Å². The molecule has 1 fully saturated rings. The zero-order chi connectivity index (χ0) is 11.1. The highest BCUT2D eigenvalue weighted by Crippen LogP contribution is 2.39. The number of ether oxygens (including phenoxy) is 1. The molecule has 2 nitrogen and oxygen atoms in total. The van der Waals surface area contributed by atoms with E-state index in [4.69, 9.17) is 22.1 Å². The zero-order valence-corrected chi connectivity index (χ0v) is 9.27. The summed E-state index contributed by atoms with van der Waals surface area (Å²) in [5.74, 6) is -0.220. The summed E-state index contributed by atoms with van der Waals surface area (Å²) in [6.45, 7) is 2.00. The number of hydrogen-bond acceptors (Lipinski definition) is 2. The highest BCUT2D eigenvalue weighted by atomic mass is 35.5. The maximum absolute atomic E-state index is 13.4. The highest BCUT2D eigenvalue weighted by molar-refractivity contribution is 6.32. The maximum atomic E-state index is 13.4. The fourth-order valence-electron chi connectivity index (χ4n) is 1.67. The van der Waals surface area contributed by atoms with Crippen LogP contribution in [-0.2, 0) is 0 Å². The average molecular weight is 230 g/mol. The van der Waals surface area contributed by atoms with Gasteiger partial charge in [0, 0.05) is 0 Å². The second-order valence-electron chi connectivity index (χ2n) is 4.19. The second-order valence-corrected chi connectivity index (χ2v) is 4.56. The van der Waals surface area contributed by atoms with Crippen molar-refractivity contribution < 1.29 is 9.13 Å². The second kappa shape index (κ2) is 3.56. The van der Waals surface area contributed by atoms with E-state index in [2.05, 4.69) is 0 Å². The van der Waals surface area contributed by atoms with Crippen molar-refractivity contribution in [3.63, 3.8) is 0 Å². The van der Waals surface area contributed by atoms with Crippen LogP contribution < -0.4 is 10.5 Å². The van der Waals surface area contributed by atoms with E-state index in [9.17, 15) is 4.39 Å². The lowest BCUT2D eigenvalue weighted by molar-refractivity contribution is 0.0112. The minimum absolute atomic E-state index is 0.0249. The van der Waals surface area contributed by atoms with Crippen molar-refractivity contribution in [3.8, 4) is 5.75 Å². The lowest BCUT2D eigenvalue weighted by Crippen LogP contribution is -2.39. The number of hydrogen-bond donors (Lipinski definition) is 1. The van der Waals surface area contributed by atoms with Gasteiger partial charge in [0.05, 0.1) is 5.69 Å². The van der Waals surface area contributed by atoms with Crippen LogP contribution in [0.5, 0.6) is 5.75 Å². The minimum atomic E-state index is -0.600. The van der Waals surface area contributed by atoms with Crippen LogP contribution in [0.3, 0.4) is 0 Å². The smallest absolute Gasteiger partial charge is 0.168 e. The van der Waals surface area contributed by atoms with Crippen LogP contribution >= 0.6 is 11.6 Å². The van der Waals surface area contributed by atoms with Crippen molar-refractivity contribution in [2.75, 3.05) is 5.73 Å². The summed E-state index contributed by atoms with van der Waals surface area (Å²) < 4.78 is 19.0. The number of halogens is 2. The minimum Gasteiger partial charge on any atom is -0.486 e. The first-order chi connectivity index (χ1) is 7.02. The van der Waals surface area contributed by atoms with Crippen LogP contribution in [-0.4, -0.2) is 5.60 Å². The molecule has 0 unspecified atom stereocenters. The predicted molar refractivity (Wildman–Crippen MR) is 58.7 cm³/mol. The van der Waals surface area contributed by atoms with E-state index in [1.54, 1.807) is 6.07 Å². The van der Waals surface area contributed by atoms with Gasteiger partial charge in [-0.25, -0.2) is 4.39 Å². The third kappa shape index (κ3) is 1.88. The van der Waals surface area contributed by atoms with E-state index >= 15 is 0 Å². The average Bonchev–Trinajstić information content (AvgIpc) is 2.17. The number of benzene rings is 1. The Bertz CT molecular complexity index is 390. The largest absolute Gasteiger partial charge is 0.486 e. The number of nitrogen functional groups attached to an aromatic ring is 1. The lowest BCUT2D eigenvalue weighted by atomic mass is 9.82. The van der Waals surface area contributed by atoms with Crippen LogP contribution in [0, 0.1) is 5.82 Å². The molecule has 2 rings (SSSR count). The Morgan fingerprint density at radius 1 is 1.47 bits per heavy atom. The lowest BCUT2D eigenvalue weighted by Gasteiger charge is -2.38. The molecular formula is C11H13ClFNO. The maximum Gasteiger partial charge on any atom is 0.168 e. The van der Waals surface area contributed by atoms with Crippen molar-refractivity contribution >= 4 is 17.3 Å². The van der Waals surface area contributed by atoms with E-state index in [1.807, 2.05) is 6.92 Å². The molecule has 2 N–H and O–H groups in total. The van der Waals surface area contributed by atoms with E-state index in [0.717, 1.165) is 19.3 Å². The number of anilines is 1. The van der Waals surface area contributed by atoms with E-state index in [-0.39, 0.29) is 16.3 Å². The summed E-state index contributed by atoms with van der Waals surface area (Å²) in [5, 5.41) is -0.0249. The molecule has 1 aliphatic carbocycles. The molecule has 0 radical (unpaired) electrons. The van der Waals surface area contributed by atoms with E-state index in [1.165, 1.54) is 6.07 Å². The van der Waals surface area contributed by atoms with Crippen LogP contribution in [0.25, 0.3) is 0 Å².